The Hall–Kier alpha value is -7.14. The number of carbonyl (C=O) groups excluding carboxylic acids is 12. The summed E-state index contributed by atoms with van der Waals surface area (Å²) in [6.07, 6.45) is 1.60. The van der Waals surface area contributed by atoms with Crippen LogP contribution < -0.4 is 54.4 Å². The number of ketones is 1. The molecule has 24 heteroatoms. The standard InChI is InChI=1S/C45H69N11O13/c1-4-27(2)40(51-26-57)43(68)52-30(15-17-35(47)61)41(66)54-32(23-36(48)62)42(67)53-31(16-18-37(63)50-24-38(64)49-22-19-28-11-13-29(58)14-12-28)44(69)56(3)25-39(65)55-45(20-7-8-21-45)33(59)9-5-6-10-34(46)60/h11-14,26-27,30-32,40,58H,4-10,15-25H2,1-3H3,(H2,46,60)(H2,47,61)(H2,48,62)(H,49,64)(H,50,63)(H,51,57)(H,52,68)(H,53,67)(H,54,66)(H,55,65). The van der Waals surface area contributed by atoms with E-state index in [1.807, 2.05) is 0 Å². The molecule has 5 unspecified atom stereocenters. The number of amides is 11. The highest BCUT2D eigenvalue weighted by molar-refractivity contribution is 5.98. The molecule has 2 rings (SSSR count). The van der Waals surface area contributed by atoms with Gasteiger partial charge in [-0.3, -0.25) is 57.5 Å². The summed E-state index contributed by atoms with van der Waals surface area (Å²) in [5.41, 5.74) is 15.6. The first kappa shape index (κ1) is 58.0. The number of Topliss-reactive ketones (excluding diaryl/α,β-unsaturated/α-hetero) is 1. The van der Waals surface area contributed by atoms with Crippen LogP contribution in [0.5, 0.6) is 5.75 Å². The lowest BCUT2D eigenvalue weighted by molar-refractivity contribution is -0.140. The molecule has 1 aromatic carbocycles. The van der Waals surface area contributed by atoms with Gasteiger partial charge in [0.05, 0.1) is 25.0 Å². The molecule has 1 aromatic rings. The molecule has 382 valence electrons. The number of hydrogen-bond acceptors (Lipinski definition) is 13. The Morgan fingerprint density at radius 3 is 1.90 bits per heavy atom. The monoisotopic (exact) mass is 972 g/mol. The smallest absolute Gasteiger partial charge is 0.245 e. The van der Waals surface area contributed by atoms with Crippen LogP contribution in [0, 0.1) is 5.92 Å². The van der Waals surface area contributed by atoms with Gasteiger partial charge >= 0.3 is 0 Å². The fraction of sp³-hybridized carbons (Fsp3) is 0.600. The fourth-order valence-electron chi connectivity index (χ4n) is 7.59. The number of primary amides is 3. The van der Waals surface area contributed by atoms with E-state index < -0.39 is 133 Å². The molecule has 0 radical (unpaired) electrons. The highest BCUT2D eigenvalue weighted by Gasteiger charge is 2.42. The first-order chi connectivity index (χ1) is 32.6. The molecule has 1 fully saturated rings. The molecule has 1 aliphatic rings. The van der Waals surface area contributed by atoms with Gasteiger partial charge in [-0.2, -0.15) is 0 Å². The molecule has 0 heterocycles. The van der Waals surface area contributed by atoms with Crippen molar-refractivity contribution >= 4 is 71.3 Å². The second kappa shape index (κ2) is 29.6. The van der Waals surface area contributed by atoms with Crippen molar-refractivity contribution < 1.29 is 62.6 Å². The second-order valence-electron chi connectivity index (χ2n) is 17.2. The van der Waals surface area contributed by atoms with Gasteiger partial charge in [0.25, 0.3) is 0 Å². The second-order valence-corrected chi connectivity index (χ2v) is 17.2. The first-order valence-electron chi connectivity index (χ1n) is 23.0. The van der Waals surface area contributed by atoms with Crippen LogP contribution in [0.3, 0.4) is 0 Å². The number of nitrogens with zero attached hydrogens (tertiary/aromatic N) is 1. The number of hydrogen-bond donors (Lipinski definition) is 11. The van der Waals surface area contributed by atoms with Crippen molar-refractivity contribution in [2.24, 2.45) is 23.1 Å². The van der Waals surface area contributed by atoms with Crippen LogP contribution in [0.4, 0.5) is 0 Å². The minimum Gasteiger partial charge on any atom is -0.508 e. The largest absolute Gasteiger partial charge is 0.508 e. The number of nitrogens with two attached hydrogens (primary N) is 3. The Balaban J connectivity index is 2.31. The lowest BCUT2D eigenvalue weighted by Crippen LogP contribution is -2.59. The van der Waals surface area contributed by atoms with Crippen molar-refractivity contribution in [1.82, 2.24) is 42.1 Å². The van der Waals surface area contributed by atoms with E-state index in [1.54, 1.807) is 26.0 Å². The Morgan fingerprint density at radius 2 is 1.30 bits per heavy atom. The number of phenols is 1. The molecule has 0 aromatic heterocycles. The summed E-state index contributed by atoms with van der Waals surface area (Å²) in [7, 11) is 1.23. The number of phenolic OH excluding ortho intramolecular Hbond substituents is 1. The summed E-state index contributed by atoms with van der Waals surface area (Å²) < 4.78 is 0. The van der Waals surface area contributed by atoms with Gasteiger partial charge in [-0.05, 0) is 68.6 Å². The van der Waals surface area contributed by atoms with Gasteiger partial charge in [0.2, 0.25) is 65.5 Å². The van der Waals surface area contributed by atoms with Gasteiger partial charge < -0.3 is 64.4 Å². The molecule has 0 spiro atoms. The molecule has 69 heavy (non-hydrogen) atoms. The summed E-state index contributed by atoms with van der Waals surface area (Å²) in [5, 5.41) is 26.9. The molecule has 0 saturated heterocycles. The van der Waals surface area contributed by atoms with Crippen LogP contribution in [0.1, 0.15) is 109 Å². The summed E-state index contributed by atoms with van der Waals surface area (Å²) in [4.78, 5) is 155. The predicted molar refractivity (Wildman–Crippen MR) is 247 cm³/mol. The summed E-state index contributed by atoms with van der Waals surface area (Å²) in [6, 6.07) is 0.314. The molecule has 14 N–H and O–H groups in total. The van der Waals surface area contributed by atoms with Crippen molar-refractivity contribution in [2.45, 2.75) is 140 Å². The Morgan fingerprint density at radius 1 is 0.725 bits per heavy atom. The maximum absolute atomic E-state index is 14.1. The Kier molecular flexibility index (Phi) is 24.9. The number of rotatable bonds is 33. The van der Waals surface area contributed by atoms with E-state index in [0.717, 1.165) is 10.5 Å². The summed E-state index contributed by atoms with van der Waals surface area (Å²) in [6.45, 7) is 2.58. The summed E-state index contributed by atoms with van der Waals surface area (Å²) >= 11 is 0. The van der Waals surface area contributed by atoms with Crippen LogP contribution in [0.2, 0.25) is 0 Å². The van der Waals surface area contributed by atoms with E-state index in [9.17, 15) is 62.6 Å². The van der Waals surface area contributed by atoms with Gasteiger partial charge in [-0.25, -0.2) is 0 Å². The third-order valence-electron chi connectivity index (χ3n) is 11.7. The molecule has 11 amide bonds. The molecule has 5 atom stereocenters. The van der Waals surface area contributed by atoms with Gasteiger partial charge in [0, 0.05) is 39.3 Å². The lowest BCUT2D eigenvalue weighted by atomic mass is 9.88. The molecule has 0 bridgehead atoms. The molecule has 0 aliphatic heterocycles. The van der Waals surface area contributed by atoms with E-state index >= 15 is 0 Å². The van der Waals surface area contributed by atoms with E-state index in [2.05, 4.69) is 37.2 Å². The van der Waals surface area contributed by atoms with Crippen molar-refractivity contribution in [2.75, 3.05) is 26.7 Å². The number of likely N-dealkylation sites (N-methyl/N-ethyl adjacent to an activating group) is 1. The first-order valence-corrected chi connectivity index (χ1v) is 23.0. The minimum absolute atomic E-state index is 0.0805. The van der Waals surface area contributed by atoms with E-state index in [0.29, 0.717) is 57.8 Å². The third kappa shape index (κ3) is 21.1. The summed E-state index contributed by atoms with van der Waals surface area (Å²) in [5.74, 6) is -8.88. The number of carbonyl (C=O) groups is 12. The SMILES string of the molecule is CCC(C)C(NC=O)C(=O)NC(CCC(N)=O)C(=O)NC(CC(N)=O)C(=O)NC(CCC(=O)NCC(=O)NCCc1ccc(O)cc1)C(=O)N(C)CC(=O)NC1(C(=O)CCCCC(N)=O)CCCC1. The molecule has 1 saturated carbocycles. The number of aromatic hydroxyl groups is 1. The maximum Gasteiger partial charge on any atom is 0.245 e. The Labute approximate surface area is 400 Å². The molecule has 24 nitrogen and oxygen atoms in total. The fourth-order valence-corrected chi connectivity index (χ4v) is 7.59. The highest BCUT2D eigenvalue weighted by Crippen LogP contribution is 2.32. The van der Waals surface area contributed by atoms with Gasteiger partial charge in [-0.15, -0.1) is 0 Å². The number of nitrogens with one attached hydrogen (secondary N) is 7. The molecular weight excluding hydrogens is 903 g/mol. The third-order valence-corrected chi connectivity index (χ3v) is 11.7. The quantitative estimate of drug-likeness (QED) is 0.0251. The number of benzene rings is 1. The van der Waals surface area contributed by atoms with Crippen molar-refractivity contribution in [3.05, 3.63) is 29.8 Å². The normalized spacial score (nSPS) is 14.8. The molecular formula is C45H69N11O13. The zero-order valence-electron chi connectivity index (χ0n) is 39.5. The van der Waals surface area contributed by atoms with Crippen molar-refractivity contribution in [1.29, 1.82) is 0 Å². The lowest BCUT2D eigenvalue weighted by Gasteiger charge is -2.31. The zero-order chi connectivity index (χ0) is 51.7. The minimum atomic E-state index is -1.80. The van der Waals surface area contributed by atoms with E-state index in [1.165, 1.54) is 19.2 Å². The highest BCUT2D eigenvalue weighted by atomic mass is 16.3. The average Bonchev–Trinajstić information content (AvgIpc) is 3.77. The maximum atomic E-state index is 14.1. The average molecular weight is 972 g/mol. The number of unbranched alkanes of at least 4 members (excludes halogenated alkanes) is 1. The zero-order valence-corrected chi connectivity index (χ0v) is 39.5. The van der Waals surface area contributed by atoms with Crippen LogP contribution in [-0.2, 0) is 64.0 Å². The molecule has 1 aliphatic carbocycles. The van der Waals surface area contributed by atoms with Crippen LogP contribution in [0.25, 0.3) is 0 Å². The van der Waals surface area contributed by atoms with Crippen LogP contribution >= 0.6 is 0 Å². The van der Waals surface area contributed by atoms with E-state index in [-0.39, 0.29) is 37.3 Å². The predicted octanol–water partition coefficient (Wildman–Crippen LogP) is -2.79. The van der Waals surface area contributed by atoms with Crippen molar-refractivity contribution in [3.63, 3.8) is 0 Å². The Bertz CT molecular complexity index is 1990. The van der Waals surface area contributed by atoms with Gasteiger partial charge in [0.1, 0.15) is 29.9 Å². The van der Waals surface area contributed by atoms with Crippen LogP contribution in [-0.4, -0.2) is 138 Å². The van der Waals surface area contributed by atoms with E-state index in [4.69, 9.17) is 17.2 Å². The van der Waals surface area contributed by atoms with Gasteiger partial charge in [-0.1, -0.05) is 45.2 Å². The van der Waals surface area contributed by atoms with Gasteiger partial charge in [0.15, 0.2) is 5.78 Å². The topological polar surface area (TPSA) is 391 Å². The van der Waals surface area contributed by atoms with Crippen molar-refractivity contribution in [3.8, 4) is 5.75 Å². The van der Waals surface area contributed by atoms with Crippen LogP contribution in [0.15, 0.2) is 24.3 Å².